The van der Waals surface area contributed by atoms with E-state index in [1.807, 2.05) is 25.1 Å². The summed E-state index contributed by atoms with van der Waals surface area (Å²) in [5, 5.41) is 7.53. The van der Waals surface area contributed by atoms with Gasteiger partial charge in [-0.15, -0.1) is 0 Å². The molecule has 2 aromatic carbocycles. The highest BCUT2D eigenvalue weighted by Crippen LogP contribution is 2.31. The zero-order valence-electron chi connectivity index (χ0n) is 14.8. The van der Waals surface area contributed by atoms with E-state index in [0.29, 0.717) is 26.7 Å². The molecule has 3 rings (SSSR count). The number of carbonyl (C=O) groups excluding carboxylic acids is 2. The maximum atomic E-state index is 12.4. The molecule has 140 valence electrons. The molecule has 3 aromatic rings. The van der Waals surface area contributed by atoms with Crippen LogP contribution < -0.4 is 10.6 Å². The van der Waals surface area contributed by atoms with Crippen LogP contribution in [0.15, 0.2) is 46.9 Å². The summed E-state index contributed by atoms with van der Waals surface area (Å²) in [4.78, 5) is 24.3. The summed E-state index contributed by atoms with van der Waals surface area (Å²) < 4.78 is 5.57. The number of anilines is 1. The van der Waals surface area contributed by atoms with Crippen molar-refractivity contribution in [3.05, 3.63) is 63.8 Å². The van der Waals surface area contributed by atoms with Crippen LogP contribution in [0.25, 0.3) is 11.0 Å². The maximum absolute atomic E-state index is 12.4. The summed E-state index contributed by atoms with van der Waals surface area (Å²) in [6, 6.07) is 12.4. The van der Waals surface area contributed by atoms with Crippen LogP contribution in [0, 0.1) is 0 Å². The van der Waals surface area contributed by atoms with Crippen molar-refractivity contribution in [2.75, 3.05) is 11.9 Å². The van der Waals surface area contributed by atoms with Crippen molar-refractivity contribution in [1.29, 1.82) is 0 Å². The number of hydrogen-bond acceptors (Lipinski definition) is 4. The Bertz CT molecular complexity index is 1010. The average molecular weight is 405 g/mol. The normalized spacial score (nSPS) is 12.1. The summed E-state index contributed by atoms with van der Waals surface area (Å²) in [6.45, 7) is 3.37. The largest absolute Gasteiger partial charge is 0.451 e. The molecule has 1 atom stereocenters. The van der Waals surface area contributed by atoms with Gasteiger partial charge in [-0.3, -0.25) is 9.59 Å². The van der Waals surface area contributed by atoms with Crippen molar-refractivity contribution in [2.24, 2.45) is 0 Å². The van der Waals surface area contributed by atoms with Gasteiger partial charge in [-0.1, -0.05) is 41.4 Å². The monoisotopic (exact) mass is 404 g/mol. The van der Waals surface area contributed by atoms with Gasteiger partial charge in [0.25, 0.3) is 0 Å². The fourth-order valence-electron chi connectivity index (χ4n) is 2.75. The van der Waals surface area contributed by atoms with Crippen LogP contribution in [0.3, 0.4) is 0 Å². The molecule has 0 aliphatic heterocycles. The highest BCUT2D eigenvalue weighted by molar-refractivity contribution is 6.42. The van der Waals surface area contributed by atoms with Crippen LogP contribution >= 0.6 is 23.2 Å². The first-order valence-electron chi connectivity index (χ1n) is 8.37. The molecule has 0 bridgehead atoms. The second kappa shape index (κ2) is 8.13. The number of carbonyl (C=O) groups is 2. The molecule has 0 saturated heterocycles. The maximum Gasteiger partial charge on any atom is 0.238 e. The van der Waals surface area contributed by atoms with Crippen LogP contribution in [-0.4, -0.2) is 18.2 Å². The molecule has 0 aliphatic carbocycles. The fourth-order valence-corrected chi connectivity index (χ4v) is 3.05. The van der Waals surface area contributed by atoms with Gasteiger partial charge >= 0.3 is 0 Å². The Morgan fingerprint density at radius 3 is 2.56 bits per heavy atom. The van der Waals surface area contributed by atoms with E-state index in [2.05, 4.69) is 10.6 Å². The first-order chi connectivity index (χ1) is 12.9. The minimum absolute atomic E-state index is 0.0538. The quantitative estimate of drug-likeness (QED) is 0.551. The molecule has 1 amide bonds. The molecule has 27 heavy (non-hydrogen) atoms. The summed E-state index contributed by atoms with van der Waals surface area (Å²) in [5.74, 6) is -0.392. The van der Waals surface area contributed by atoms with Crippen LogP contribution in [-0.2, 0) is 4.79 Å². The smallest absolute Gasteiger partial charge is 0.238 e. The number of rotatable bonds is 6. The highest BCUT2D eigenvalue weighted by Gasteiger charge is 2.19. The van der Waals surface area contributed by atoms with Crippen molar-refractivity contribution in [1.82, 2.24) is 5.32 Å². The van der Waals surface area contributed by atoms with Gasteiger partial charge in [0.1, 0.15) is 5.58 Å². The third-order valence-electron chi connectivity index (χ3n) is 4.19. The van der Waals surface area contributed by atoms with Crippen molar-refractivity contribution in [3.8, 4) is 0 Å². The number of halogens is 2. The average Bonchev–Trinajstić information content (AvgIpc) is 3.01. The standard InChI is InChI=1S/C20H18Cl2N2O3/c1-11(13-7-8-15(21)16(22)9-13)23-10-18(26)24-19-14-5-3-4-6-17(14)27-20(19)12(2)25/h3-9,11,23H,10H2,1-2H3,(H,24,26)/t11-/m1/s1. The van der Waals surface area contributed by atoms with E-state index < -0.39 is 0 Å². The van der Waals surface area contributed by atoms with Gasteiger partial charge in [0.05, 0.1) is 22.3 Å². The molecule has 0 aliphatic rings. The molecule has 0 spiro atoms. The first kappa shape index (κ1) is 19.4. The molecule has 0 saturated carbocycles. The lowest BCUT2D eigenvalue weighted by molar-refractivity contribution is -0.115. The molecule has 0 radical (unpaired) electrons. The second-order valence-electron chi connectivity index (χ2n) is 6.18. The molecule has 1 aromatic heterocycles. The van der Waals surface area contributed by atoms with Crippen LogP contribution in [0.2, 0.25) is 10.0 Å². The molecule has 7 heteroatoms. The summed E-state index contributed by atoms with van der Waals surface area (Å²) in [7, 11) is 0. The van der Waals surface area contributed by atoms with Gasteiger partial charge in [0.15, 0.2) is 11.5 Å². The number of Topliss-reactive ketones (excluding diaryl/α,β-unsaturated/α-hetero) is 1. The lowest BCUT2D eigenvalue weighted by atomic mass is 10.1. The number of ketones is 1. The number of amides is 1. The van der Waals surface area contributed by atoms with E-state index in [1.165, 1.54) is 6.92 Å². The predicted octanol–water partition coefficient (Wildman–Crippen LogP) is 5.23. The van der Waals surface area contributed by atoms with E-state index in [0.717, 1.165) is 5.56 Å². The van der Waals surface area contributed by atoms with E-state index >= 15 is 0 Å². The minimum atomic E-state index is -0.282. The number of fused-ring (bicyclic) bond motifs is 1. The Kier molecular flexibility index (Phi) is 5.85. The Morgan fingerprint density at radius 1 is 1.11 bits per heavy atom. The number of nitrogens with one attached hydrogen (secondary N) is 2. The number of furan rings is 1. The van der Waals surface area contributed by atoms with Crippen molar-refractivity contribution >= 4 is 51.5 Å². The van der Waals surface area contributed by atoms with Crippen LogP contribution in [0.5, 0.6) is 0 Å². The van der Waals surface area contributed by atoms with Gasteiger partial charge in [-0.05, 0) is 36.8 Å². The molecular formula is C20H18Cl2N2O3. The molecule has 0 fully saturated rings. The first-order valence-corrected chi connectivity index (χ1v) is 9.13. The van der Waals surface area contributed by atoms with E-state index in [9.17, 15) is 9.59 Å². The second-order valence-corrected chi connectivity index (χ2v) is 7.00. The van der Waals surface area contributed by atoms with E-state index in [-0.39, 0.29) is 30.0 Å². The van der Waals surface area contributed by atoms with Crippen LogP contribution in [0.4, 0.5) is 5.69 Å². The van der Waals surface area contributed by atoms with E-state index in [1.54, 1.807) is 24.3 Å². The Hall–Kier alpha value is -2.34. The van der Waals surface area contributed by atoms with Gasteiger partial charge in [0, 0.05) is 18.4 Å². The van der Waals surface area contributed by atoms with Gasteiger partial charge in [-0.25, -0.2) is 0 Å². The van der Waals surface area contributed by atoms with E-state index in [4.69, 9.17) is 27.6 Å². The minimum Gasteiger partial charge on any atom is -0.451 e. The van der Waals surface area contributed by atoms with Gasteiger partial charge in [0.2, 0.25) is 5.91 Å². The van der Waals surface area contributed by atoms with Crippen molar-refractivity contribution < 1.29 is 14.0 Å². The number of para-hydroxylation sites is 1. The molecule has 2 N–H and O–H groups in total. The topological polar surface area (TPSA) is 71.3 Å². The van der Waals surface area contributed by atoms with Gasteiger partial charge in [-0.2, -0.15) is 0 Å². The SMILES string of the molecule is CC(=O)c1oc2ccccc2c1NC(=O)CN[C@H](C)c1ccc(Cl)c(Cl)c1. The van der Waals surface area contributed by atoms with Crippen molar-refractivity contribution in [2.45, 2.75) is 19.9 Å². The lowest BCUT2D eigenvalue weighted by Crippen LogP contribution is -2.30. The number of hydrogen-bond donors (Lipinski definition) is 2. The molecular weight excluding hydrogens is 387 g/mol. The summed E-state index contributed by atoms with van der Waals surface area (Å²) in [5.41, 5.74) is 1.86. The van der Waals surface area contributed by atoms with Gasteiger partial charge < -0.3 is 15.1 Å². The number of benzene rings is 2. The zero-order valence-corrected chi connectivity index (χ0v) is 16.3. The molecule has 1 heterocycles. The Morgan fingerprint density at radius 2 is 1.85 bits per heavy atom. The molecule has 5 nitrogen and oxygen atoms in total. The summed E-state index contributed by atoms with van der Waals surface area (Å²) in [6.07, 6.45) is 0. The Labute approximate surface area is 166 Å². The summed E-state index contributed by atoms with van der Waals surface area (Å²) >= 11 is 12.0. The third kappa shape index (κ3) is 4.33. The fraction of sp³-hybridized carbons (Fsp3) is 0.200. The Balaban J connectivity index is 1.71. The molecule has 0 unspecified atom stereocenters. The zero-order chi connectivity index (χ0) is 19.6. The lowest BCUT2D eigenvalue weighted by Gasteiger charge is -2.15. The predicted molar refractivity (Wildman–Crippen MR) is 108 cm³/mol. The van der Waals surface area contributed by atoms with Crippen molar-refractivity contribution in [3.63, 3.8) is 0 Å². The highest BCUT2D eigenvalue weighted by atomic mass is 35.5. The third-order valence-corrected chi connectivity index (χ3v) is 4.93. The van der Waals surface area contributed by atoms with Crippen LogP contribution in [0.1, 0.15) is 36.0 Å².